The molecule has 0 amide bonds. The summed E-state index contributed by atoms with van der Waals surface area (Å²) in [5.41, 5.74) is 1.26. The van der Waals surface area contributed by atoms with Crippen molar-refractivity contribution in [1.82, 2.24) is 10.2 Å². The fourth-order valence-corrected chi connectivity index (χ4v) is 2.11. The second-order valence-electron chi connectivity index (χ2n) is 4.45. The van der Waals surface area contributed by atoms with Crippen molar-refractivity contribution >= 4 is 15.9 Å². The van der Waals surface area contributed by atoms with E-state index in [2.05, 4.69) is 46.2 Å². The molecule has 102 valence electrons. The molecule has 1 aromatic carbocycles. The van der Waals surface area contributed by atoms with Gasteiger partial charge in [0.2, 0.25) is 0 Å². The lowest BCUT2D eigenvalue weighted by atomic mass is 10.2. The summed E-state index contributed by atoms with van der Waals surface area (Å²) in [6.45, 7) is 6.28. The molecule has 0 radical (unpaired) electrons. The molecule has 0 atom stereocenters. The van der Waals surface area contributed by atoms with Crippen LogP contribution in [-0.4, -0.2) is 38.7 Å². The number of benzene rings is 1. The number of likely N-dealkylation sites (N-methyl/N-ethyl adjacent to an activating group) is 1. The molecule has 0 aliphatic carbocycles. The van der Waals surface area contributed by atoms with Crippen LogP contribution in [0.3, 0.4) is 0 Å². The van der Waals surface area contributed by atoms with Crippen LogP contribution in [0.25, 0.3) is 0 Å². The molecule has 1 rings (SSSR count). The lowest BCUT2D eigenvalue weighted by Crippen LogP contribution is -2.29. The summed E-state index contributed by atoms with van der Waals surface area (Å²) < 4.78 is 6.39. The minimum absolute atomic E-state index is 0.908. The van der Waals surface area contributed by atoms with E-state index >= 15 is 0 Å². The summed E-state index contributed by atoms with van der Waals surface area (Å²) in [7, 11) is 3.84. The maximum Gasteiger partial charge on any atom is 0.119 e. The maximum absolute atomic E-state index is 5.25. The Morgan fingerprint density at radius 3 is 2.78 bits per heavy atom. The second-order valence-corrected chi connectivity index (χ2v) is 5.30. The average molecular weight is 315 g/mol. The van der Waals surface area contributed by atoms with Gasteiger partial charge in [-0.15, -0.1) is 0 Å². The SMILES string of the molecule is CCCNCCN(C)Cc1cc(OC)ccc1Br. The third kappa shape index (κ3) is 5.38. The van der Waals surface area contributed by atoms with Crippen molar-refractivity contribution in [3.8, 4) is 5.75 Å². The molecule has 4 heteroatoms. The van der Waals surface area contributed by atoms with Crippen LogP contribution < -0.4 is 10.1 Å². The van der Waals surface area contributed by atoms with E-state index in [1.165, 1.54) is 12.0 Å². The summed E-state index contributed by atoms with van der Waals surface area (Å²) in [6.07, 6.45) is 1.19. The maximum atomic E-state index is 5.25. The normalized spacial score (nSPS) is 10.9. The number of nitrogens with one attached hydrogen (secondary N) is 1. The quantitative estimate of drug-likeness (QED) is 0.747. The Hall–Kier alpha value is -0.580. The van der Waals surface area contributed by atoms with Crippen LogP contribution in [0.4, 0.5) is 0 Å². The van der Waals surface area contributed by atoms with E-state index in [0.717, 1.165) is 36.4 Å². The van der Waals surface area contributed by atoms with Gasteiger partial charge in [-0.25, -0.2) is 0 Å². The zero-order valence-electron chi connectivity index (χ0n) is 11.5. The van der Waals surface area contributed by atoms with Crippen LogP contribution in [0.1, 0.15) is 18.9 Å². The number of ether oxygens (including phenoxy) is 1. The van der Waals surface area contributed by atoms with E-state index in [4.69, 9.17) is 4.74 Å². The molecule has 0 saturated heterocycles. The van der Waals surface area contributed by atoms with Gasteiger partial charge in [-0.2, -0.15) is 0 Å². The van der Waals surface area contributed by atoms with Gasteiger partial charge in [0.1, 0.15) is 5.75 Å². The number of halogens is 1. The number of hydrogen-bond donors (Lipinski definition) is 1. The van der Waals surface area contributed by atoms with Crippen molar-refractivity contribution in [1.29, 1.82) is 0 Å². The van der Waals surface area contributed by atoms with Crippen LogP contribution >= 0.6 is 15.9 Å². The molecule has 3 nitrogen and oxygen atoms in total. The predicted octanol–water partition coefficient (Wildman–Crippen LogP) is 2.89. The van der Waals surface area contributed by atoms with Gasteiger partial charge in [0.05, 0.1) is 7.11 Å². The zero-order valence-corrected chi connectivity index (χ0v) is 13.1. The molecule has 0 spiro atoms. The van der Waals surface area contributed by atoms with Gasteiger partial charge in [-0.3, -0.25) is 0 Å². The van der Waals surface area contributed by atoms with E-state index in [1.54, 1.807) is 7.11 Å². The standard InChI is InChI=1S/C14H23BrN2O/c1-4-7-16-8-9-17(2)11-12-10-13(18-3)5-6-14(12)15/h5-6,10,16H,4,7-9,11H2,1-3H3. The fraction of sp³-hybridized carbons (Fsp3) is 0.571. The average Bonchev–Trinajstić information content (AvgIpc) is 2.37. The summed E-state index contributed by atoms with van der Waals surface area (Å²) in [6, 6.07) is 6.09. The Kier molecular flexibility index (Phi) is 7.32. The van der Waals surface area contributed by atoms with Crippen molar-refractivity contribution in [3.05, 3.63) is 28.2 Å². The van der Waals surface area contributed by atoms with Gasteiger partial charge >= 0.3 is 0 Å². The first kappa shape index (κ1) is 15.5. The van der Waals surface area contributed by atoms with Gasteiger partial charge in [-0.1, -0.05) is 22.9 Å². The van der Waals surface area contributed by atoms with E-state index in [0.29, 0.717) is 0 Å². The Bertz CT molecular complexity index is 358. The largest absolute Gasteiger partial charge is 0.497 e. The van der Waals surface area contributed by atoms with Gasteiger partial charge in [0.15, 0.2) is 0 Å². The van der Waals surface area contributed by atoms with E-state index in [-0.39, 0.29) is 0 Å². The van der Waals surface area contributed by atoms with Crippen LogP contribution in [0, 0.1) is 0 Å². The van der Waals surface area contributed by atoms with Crippen molar-refractivity contribution in [2.24, 2.45) is 0 Å². The number of nitrogens with zero attached hydrogens (tertiary/aromatic N) is 1. The Labute approximate surface area is 119 Å². The lowest BCUT2D eigenvalue weighted by molar-refractivity contribution is 0.323. The van der Waals surface area contributed by atoms with E-state index < -0.39 is 0 Å². The summed E-state index contributed by atoms with van der Waals surface area (Å²) in [5.74, 6) is 0.908. The van der Waals surface area contributed by atoms with Gasteiger partial charge in [0, 0.05) is 24.1 Å². The van der Waals surface area contributed by atoms with Crippen molar-refractivity contribution < 1.29 is 4.74 Å². The molecule has 0 heterocycles. The molecular formula is C14H23BrN2O. The lowest BCUT2D eigenvalue weighted by Gasteiger charge is -2.18. The predicted molar refractivity (Wildman–Crippen MR) is 80.2 cm³/mol. The fourth-order valence-electron chi connectivity index (χ4n) is 1.74. The highest BCUT2D eigenvalue weighted by Gasteiger charge is 2.05. The van der Waals surface area contributed by atoms with Crippen molar-refractivity contribution in [2.45, 2.75) is 19.9 Å². The Balaban J connectivity index is 2.45. The van der Waals surface area contributed by atoms with Crippen molar-refractivity contribution in [3.63, 3.8) is 0 Å². The number of rotatable bonds is 8. The number of methoxy groups -OCH3 is 1. The molecule has 1 N–H and O–H groups in total. The molecule has 0 unspecified atom stereocenters. The summed E-state index contributed by atoms with van der Waals surface area (Å²) in [5, 5.41) is 3.41. The monoisotopic (exact) mass is 314 g/mol. The van der Waals surface area contributed by atoms with Gasteiger partial charge < -0.3 is 15.0 Å². The molecule has 18 heavy (non-hydrogen) atoms. The Morgan fingerprint density at radius 1 is 1.33 bits per heavy atom. The molecule has 0 saturated carbocycles. The second kappa shape index (κ2) is 8.51. The first-order valence-electron chi connectivity index (χ1n) is 6.39. The minimum Gasteiger partial charge on any atom is -0.497 e. The number of hydrogen-bond acceptors (Lipinski definition) is 3. The third-order valence-electron chi connectivity index (χ3n) is 2.79. The molecule has 0 aliphatic heterocycles. The Morgan fingerprint density at radius 2 is 2.11 bits per heavy atom. The first-order chi connectivity index (χ1) is 8.67. The summed E-state index contributed by atoms with van der Waals surface area (Å²) >= 11 is 3.58. The smallest absolute Gasteiger partial charge is 0.119 e. The highest BCUT2D eigenvalue weighted by molar-refractivity contribution is 9.10. The minimum atomic E-state index is 0.908. The molecule has 0 bridgehead atoms. The zero-order chi connectivity index (χ0) is 13.4. The molecule has 0 fully saturated rings. The molecule has 1 aromatic rings. The highest BCUT2D eigenvalue weighted by Crippen LogP contribution is 2.23. The molecular weight excluding hydrogens is 292 g/mol. The first-order valence-corrected chi connectivity index (χ1v) is 7.18. The van der Waals surface area contributed by atoms with Crippen LogP contribution in [0.2, 0.25) is 0 Å². The van der Waals surface area contributed by atoms with Crippen LogP contribution in [-0.2, 0) is 6.54 Å². The van der Waals surface area contributed by atoms with Gasteiger partial charge in [-0.05, 0) is 43.8 Å². The van der Waals surface area contributed by atoms with E-state index in [1.807, 2.05) is 12.1 Å². The third-order valence-corrected chi connectivity index (χ3v) is 3.56. The highest BCUT2D eigenvalue weighted by atomic mass is 79.9. The van der Waals surface area contributed by atoms with Crippen molar-refractivity contribution in [2.75, 3.05) is 33.8 Å². The molecule has 0 aromatic heterocycles. The topological polar surface area (TPSA) is 24.5 Å². The summed E-state index contributed by atoms with van der Waals surface area (Å²) in [4.78, 5) is 2.31. The van der Waals surface area contributed by atoms with Crippen LogP contribution in [0.15, 0.2) is 22.7 Å². The molecule has 0 aliphatic rings. The van der Waals surface area contributed by atoms with Crippen LogP contribution in [0.5, 0.6) is 5.75 Å². The van der Waals surface area contributed by atoms with E-state index in [9.17, 15) is 0 Å². The van der Waals surface area contributed by atoms with Gasteiger partial charge in [0.25, 0.3) is 0 Å².